The fraction of sp³-hybridized carbons (Fsp3) is 0. The van der Waals surface area contributed by atoms with Crippen molar-refractivity contribution in [3.8, 4) is 44.5 Å². The quantitative estimate of drug-likeness (QED) is 0.165. The summed E-state index contributed by atoms with van der Waals surface area (Å²) < 4.78 is 230. The van der Waals surface area contributed by atoms with Gasteiger partial charge in [-0.05, 0) is 116 Å². The van der Waals surface area contributed by atoms with Crippen molar-refractivity contribution in [1.82, 2.24) is 0 Å². The lowest BCUT2D eigenvalue weighted by atomic mass is 9.84. The molecule has 0 N–H and O–H groups in total. The third-order valence-corrected chi connectivity index (χ3v) is 8.43. The number of fused-ring (bicyclic) bond motifs is 5. The first-order chi connectivity index (χ1) is 35.2. The molecule has 0 saturated heterocycles. The highest BCUT2D eigenvalue weighted by atomic mass is 14.2. The largest absolute Gasteiger partial charge is 0.0636 e. The first-order valence-corrected chi connectivity index (χ1v) is 15.3. The van der Waals surface area contributed by atoms with Gasteiger partial charge < -0.3 is 0 Å². The molecule has 0 unspecified atom stereocenters. The van der Waals surface area contributed by atoms with E-state index < -0.39 is 228 Å². The van der Waals surface area contributed by atoms with Crippen LogP contribution in [0.5, 0.6) is 0 Å². The molecule has 50 heavy (non-hydrogen) atoms. The molecule has 0 aliphatic rings. The third-order valence-electron chi connectivity index (χ3n) is 8.43. The summed E-state index contributed by atoms with van der Waals surface area (Å²) in [6, 6.07) is -10.3. The van der Waals surface area contributed by atoms with Crippen LogP contribution >= 0.6 is 0 Å². The minimum absolute atomic E-state index is 0.207. The van der Waals surface area contributed by atoms with E-state index in [0.717, 1.165) is 0 Å². The summed E-state index contributed by atoms with van der Waals surface area (Å²) in [5.74, 6) is 0. The molecule has 0 atom stereocenters. The van der Waals surface area contributed by atoms with Crippen LogP contribution in [0.15, 0.2) is 194 Å². The van der Waals surface area contributed by atoms with E-state index in [0.29, 0.717) is 10.8 Å². The predicted molar refractivity (Wildman–Crippen MR) is 216 cm³/mol. The van der Waals surface area contributed by atoms with Crippen LogP contribution in [-0.4, -0.2) is 0 Å². The summed E-state index contributed by atoms with van der Waals surface area (Å²) in [6.45, 7) is 0. The molecule has 0 spiro atoms. The zero-order valence-electron chi connectivity index (χ0n) is 50.5. The molecular weight excluding hydrogens is 601 g/mol. The zero-order chi connectivity index (χ0) is 54.8. The van der Waals surface area contributed by atoms with Crippen molar-refractivity contribution in [2.75, 3.05) is 0 Å². The fourth-order valence-corrected chi connectivity index (χ4v) is 6.17. The summed E-state index contributed by atoms with van der Waals surface area (Å²) in [7, 11) is 0. The van der Waals surface area contributed by atoms with E-state index in [2.05, 4.69) is 0 Å². The Labute approximate surface area is 326 Å². The van der Waals surface area contributed by atoms with Crippen LogP contribution in [0.1, 0.15) is 34.3 Å². The second-order valence-electron chi connectivity index (χ2n) is 11.3. The molecule has 232 valence electrons. The van der Waals surface area contributed by atoms with Crippen molar-refractivity contribution >= 4 is 53.9 Å². The van der Waals surface area contributed by atoms with E-state index in [1.54, 1.807) is 42.5 Å². The average Bonchev–Trinajstić information content (AvgIpc) is 3.42. The topological polar surface area (TPSA) is 0 Å². The van der Waals surface area contributed by atoms with Crippen LogP contribution in [-0.2, 0) is 0 Å². The molecule has 0 bridgehead atoms. The minimum Gasteiger partial charge on any atom is -0.0616 e. The minimum atomic E-state index is -1.06. The molecule has 0 saturated carbocycles. The Kier molecular flexibility index (Phi) is 3.03. The predicted octanol–water partition coefficient (Wildman–Crippen LogP) is 14.1. The van der Waals surface area contributed by atoms with E-state index in [1.807, 2.05) is 0 Å². The van der Waals surface area contributed by atoms with Crippen molar-refractivity contribution in [2.45, 2.75) is 0 Å². The van der Waals surface area contributed by atoms with Gasteiger partial charge in [-0.25, -0.2) is 0 Å². The molecule has 10 aromatic carbocycles. The number of hydrogen-bond acceptors (Lipinski definition) is 0. The normalized spacial score (nSPS) is 18.6. The fourth-order valence-electron chi connectivity index (χ4n) is 6.17. The smallest absolute Gasteiger partial charge is 0.0616 e. The summed E-state index contributed by atoms with van der Waals surface area (Å²) >= 11 is 0. The van der Waals surface area contributed by atoms with Gasteiger partial charge in [-0.2, -0.15) is 0 Å². The SMILES string of the molecule is [2H]c1c([2H])c(-c2c3c([2H])c([2H])c([2H])c([2H])c3c(-c3c([2H])c([2H])c4c([2H])c([2H])c([2H])c([2H])c4c3[2H])c3c([2H])c([2H])c(-c4c([2H])c([2H])c5c([2H])c([2H])c([2H])c([2H])c5c4[2H])c([2H])c23)c([2H])c([2H])c1-c1cccc2ccccc12. The Morgan fingerprint density at radius 2 is 0.780 bits per heavy atom. The highest BCUT2D eigenvalue weighted by Crippen LogP contribution is 2.46. The Hall–Kier alpha value is -6.50. The van der Waals surface area contributed by atoms with Crippen LogP contribution in [0.2, 0.25) is 0 Å². The van der Waals surface area contributed by atoms with Gasteiger partial charge in [0.2, 0.25) is 0 Å². The molecule has 10 rings (SSSR count). The van der Waals surface area contributed by atoms with Gasteiger partial charge >= 0.3 is 0 Å². The summed E-state index contributed by atoms with van der Waals surface area (Å²) in [4.78, 5) is 0. The molecule has 10 aromatic rings. The Bertz CT molecular complexity index is 4320. The lowest BCUT2D eigenvalue weighted by Gasteiger charge is -2.19. The maximum Gasteiger partial charge on any atom is 0.0636 e. The molecule has 0 aliphatic carbocycles. The van der Waals surface area contributed by atoms with Gasteiger partial charge in [0, 0.05) is 0 Å². The Morgan fingerprint density at radius 1 is 0.280 bits per heavy atom. The van der Waals surface area contributed by atoms with Crippen molar-refractivity contribution in [2.24, 2.45) is 0 Å². The van der Waals surface area contributed by atoms with Gasteiger partial charge in [-0.15, -0.1) is 0 Å². The van der Waals surface area contributed by atoms with Gasteiger partial charge in [-0.1, -0.05) is 175 Å². The standard InChI is InChI=1S/C50H32/c1-3-13-38-30-40(26-20-33(38)10-1)41-28-29-47-48(32-41)49(37-24-22-36(23-25-37)44-19-9-15-35-12-5-6-16-43(35)44)45-17-7-8-18-46(45)50(47)42-27-21-34-11-2-4-14-39(34)31-42/h1-32H/i1D,2D,3D,4D,7D,8D,10D,11D,13D,14D,17D,18D,20D,21D,22D,23D,24D,25D,26D,27D,28D,29D,30D,31D,32D. The van der Waals surface area contributed by atoms with Gasteiger partial charge in [0.1, 0.15) is 0 Å². The van der Waals surface area contributed by atoms with Crippen molar-refractivity contribution in [1.29, 1.82) is 0 Å². The summed E-state index contributed by atoms with van der Waals surface area (Å²) in [5.41, 5.74) is -4.52. The average molecular weight is 658 g/mol. The zero-order valence-corrected chi connectivity index (χ0v) is 25.5. The second-order valence-corrected chi connectivity index (χ2v) is 11.3. The number of benzene rings is 10. The molecule has 0 heteroatoms. The first kappa shape index (κ1) is 13.1. The van der Waals surface area contributed by atoms with Crippen LogP contribution < -0.4 is 0 Å². The molecule has 0 aliphatic heterocycles. The van der Waals surface area contributed by atoms with E-state index in [1.165, 1.54) is 0 Å². The number of rotatable bonds is 4. The maximum atomic E-state index is 10.2. The molecule has 0 nitrogen and oxygen atoms in total. The molecule has 0 aromatic heterocycles. The highest BCUT2D eigenvalue weighted by Gasteiger charge is 2.18. The summed E-state index contributed by atoms with van der Waals surface area (Å²) in [5, 5.41) is -4.08. The van der Waals surface area contributed by atoms with Crippen LogP contribution in [0.4, 0.5) is 0 Å². The van der Waals surface area contributed by atoms with Gasteiger partial charge in [-0.3, -0.25) is 0 Å². The van der Waals surface area contributed by atoms with Crippen molar-refractivity contribution in [3.63, 3.8) is 0 Å². The van der Waals surface area contributed by atoms with Crippen LogP contribution in [0.3, 0.4) is 0 Å². The van der Waals surface area contributed by atoms with Crippen LogP contribution in [0, 0.1) is 0 Å². The monoisotopic (exact) mass is 657 g/mol. The van der Waals surface area contributed by atoms with Gasteiger partial charge in [0.15, 0.2) is 0 Å². The molecule has 0 fully saturated rings. The molecular formula is C50H32. The lowest BCUT2D eigenvalue weighted by Crippen LogP contribution is -1.92. The molecule has 0 radical (unpaired) electrons. The van der Waals surface area contributed by atoms with Crippen LogP contribution in [0.25, 0.3) is 98.4 Å². The van der Waals surface area contributed by atoms with Crippen molar-refractivity contribution < 1.29 is 34.3 Å². The van der Waals surface area contributed by atoms with Crippen molar-refractivity contribution in [3.05, 3.63) is 194 Å². The van der Waals surface area contributed by atoms with E-state index in [9.17, 15) is 19.2 Å². The van der Waals surface area contributed by atoms with E-state index in [4.69, 9.17) is 15.1 Å². The molecule has 0 amide bonds. The Morgan fingerprint density at radius 3 is 1.52 bits per heavy atom. The first-order valence-electron chi connectivity index (χ1n) is 27.8. The maximum absolute atomic E-state index is 10.2. The van der Waals surface area contributed by atoms with Gasteiger partial charge in [0.05, 0.1) is 34.3 Å². The third kappa shape index (κ3) is 4.69. The number of hydrogen-bond donors (Lipinski definition) is 0. The molecule has 0 heterocycles. The lowest BCUT2D eigenvalue weighted by molar-refractivity contribution is 1.63. The van der Waals surface area contributed by atoms with E-state index in [-0.39, 0.29) is 11.1 Å². The second kappa shape index (κ2) is 11.6. The van der Waals surface area contributed by atoms with Gasteiger partial charge in [0.25, 0.3) is 0 Å². The summed E-state index contributed by atoms with van der Waals surface area (Å²) in [6.07, 6.45) is 0. The Balaban J connectivity index is 1.53. The highest BCUT2D eigenvalue weighted by molar-refractivity contribution is 6.22. The van der Waals surface area contributed by atoms with E-state index >= 15 is 0 Å².